The molecule has 90 valence electrons. The first-order chi connectivity index (χ1) is 8.04. The Bertz CT molecular complexity index is 470. The summed E-state index contributed by atoms with van der Waals surface area (Å²) in [5.41, 5.74) is 0.458. The smallest absolute Gasteiger partial charge is 0.318 e. The van der Waals surface area contributed by atoms with Gasteiger partial charge in [0.25, 0.3) is 0 Å². The Morgan fingerprint density at radius 2 is 2.06 bits per heavy atom. The van der Waals surface area contributed by atoms with Gasteiger partial charge < -0.3 is 5.11 Å². The summed E-state index contributed by atoms with van der Waals surface area (Å²) in [5, 5.41) is 8.79. The van der Waals surface area contributed by atoms with Gasteiger partial charge in [-0.15, -0.1) is 0 Å². The number of carboxylic acid groups (broad SMARTS) is 1. The molecule has 1 aromatic rings. The van der Waals surface area contributed by atoms with Crippen LogP contribution in [0.1, 0.15) is 5.56 Å². The van der Waals surface area contributed by atoms with Gasteiger partial charge >= 0.3 is 5.97 Å². The summed E-state index contributed by atoms with van der Waals surface area (Å²) in [6, 6.07) is 3.24. The number of hydrogen-bond acceptors (Lipinski definition) is 3. The minimum Gasteiger partial charge on any atom is -0.480 e. The van der Waals surface area contributed by atoms with Gasteiger partial charge in [0.15, 0.2) is 0 Å². The first-order valence-electron chi connectivity index (χ1n) is 4.92. The maximum atomic E-state index is 12.9. The Kier molecular flexibility index (Phi) is 3.42. The standard InChI is InChI=1S/C11H9F2NO2S/c12-7-1-6(2-8(13)4-7)3-10-14-5-9(17-10)11(15)16/h1-2,4,9H,3,5H2,(H,15,16)/t9-/m0/s1. The van der Waals surface area contributed by atoms with Crippen LogP contribution in [-0.2, 0) is 11.2 Å². The second-order valence-corrected chi connectivity index (χ2v) is 4.91. The number of carboxylic acids is 1. The van der Waals surface area contributed by atoms with E-state index in [1.54, 1.807) is 0 Å². The van der Waals surface area contributed by atoms with Crippen LogP contribution in [0, 0.1) is 11.6 Å². The van der Waals surface area contributed by atoms with E-state index >= 15 is 0 Å². The van der Waals surface area contributed by atoms with Gasteiger partial charge in [0.05, 0.1) is 11.6 Å². The Morgan fingerprint density at radius 3 is 2.59 bits per heavy atom. The number of aliphatic carboxylic acids is 1. The lowest BCUT2D eigenvalue weighted by atomic mass is 10.1. The van der Waals surface area contributed by atoms with Gasteiger partial charge in [-0.3, -0.25) is 9.79 Å². The maximum absolute atomic E-state index is 12.9. The number of aliphatic imine (C=N–C) groups is 1. The summed E-state index contributed by atoms with van der Waals surface area (Å²) in [5.74, 6) is -2.20. The number of benzene rings is 1. The summed E-state index contributed by atoms with van der Waals surface area (Å²) >= 11 is 1.13. The van der Waals surface area contributed by atoms with Crippen molar-refractivity contribution in [2.24, 2.45) is 4.99 Å². The largest absolute Gasteiger partial charge is 0.480 e. The van der Waals surface area contributed by atoms with E-state index in [1.165, 1.54) is 12.1 Å². The topological polar surface area (TPSA) is 49.7 Å². The van der Waals surface area contributed by atoms with E-state index in [2.05, 4.69) is 4.99 Å². The third kappa shape index (κ3) is 3.03. The highest BCUT2D eigenvalue weighted by atomic mass is 32.2. The molecule has 6 heteroatoms. The molecule has 0 fully saturated rings. The Morgan fingerprint density at radius 1 is 1.41 bits per heavy atom. The molecule has 0 aliphatic carbocycles. The lowest BCUT2D eigenvalue weighted by Crippen LogP contribution is -2.16. The number of thioether (sulfide) groups is 1. The molecular weight excluding hydrogens is 248 g/mol. The monoisotopic (exact) mass is 257 g/mol. The van der Waals surface area contributed by atoms with Crippen molar-refractivity contribution in [2.45, 2.75) is 11.7 Å². The number of nitrogens with zero attached hydrogens (tertiary/aromatic N) is 1. The van der Waals surface area contributed by atoms with Gasteiger partial charge in [0.2, 0.25) is 0 Å². The predicted octanol–water partition coefficient (Wildman–Crippen LogP) is 2.11. The zero-order chi connectivity index (χ0) is 12.4. The third-order valence-electron chi connectivity index (χ3n) is 2.26. The molecule has 1 aliphatic rings. The molecule has 0 saturated carbocycles. The molecular formula is C11H9F2NO2S. The normalized spacial score (nSPS) is 19.2. The van der Waals surface area contributed by atoms with Crippen LogP contribution < -0.4 is 0 Å². The molecule has 2 rings (SSSR count). The minimum atomic E-state index is -0.917. The Balaban J connectivity index is 2.05. The van der Waals surface area contributed by atoms with Crippen LogP contribution in [0.4, 0.5) is 8.78 Å². The quantitative estimate of drug-likeness (QED) is 0.902. The van der Waals surface area contributed by atoms with Crippen molar-refractivity contribution in [3.8, 4) is 0 Å². The van der Waals surface area contributed by atoms with Crippen molar-refractivity contribution in [1.29, 1.82) is 0 Å². The van der Waals surface area contributed by atoms with Crippen molar-refractivity contribution in [1.82, 2.24) is 0 Å². The molecule has 1 heterocycles. The summed E-state index contributed by atoms with van der Waals surface area (Å²) in [4.78, 5) is 14.7. The number of halogens is 2. The van der Waals surface area contributed by atoms with Crippen LogP contribution in [-0.4, -0.2) is 27.9 Å². The first-order valence-corrected chi connectivity index (χ1v) is 5.80. The van der Waals surface area contributed by atoms with Gasteiger partial charge in [-0.2, -0.15) is 0 Å². The molecule has 0 unspecified atom stereocenters. The minimum absolute atomic E-state index is 0.215. The highest BCUT2D eigenvalue weighted by molar-refractivity contribution is 8.15. The van der Waals surface area contributed by atoms with E-state index in [0.717, 1.165) is 17.8 Å². The molecule has 0 bridgehead atoms. The second kappa shape index (κ2) is 4.83. The average molecular weight is 257 g/mol. The van der Waals surface area contributed by atoms with Crippen LogP contribution in [0.25, 0.3) is 0 Å². The average Bonchev–Trinajstić information content (AvgIpc) is 2.64. The van der Waals surface area contributed by atoms with E-state index in [-0.39, 0.29) is 13.0 Å². The maximum Gasteiger partial charge on any atom is 0.318 e. The summed E-state index contributed by atoms with van der Waals surface area (Å²) in [6.45, 7) is 0.215. The number of carbonyl (C=O) groups is 1. The molecule has 1 N–H and O–H groups in total. The van der Waals surface area contributed by atoms with Crippen LogP contribution in [0.15, 0.2) is 23.2 Å². The highest BCUT2D eigenvalue weighted by Crippen LogP contribution is 2.24. The molecule has 3 nitrogen and oxygen atoms in total. The number of rotatable bonds is 3. The molecule has 0 saturated heterocycles. The van der Waals surface area contributed by atoms with Crippen molar-refractivity contribution in [2.75, 3.05) is 6.54 Å². The fourth-order valence-corrected chi connectivity index (χ4v) is 2.51. The van der Waals surface area contributed by atoms with Gasteiger partial charge in [0, 0.05) is 12.5 Å². The predicted molar refractivity (Wildman–Crippen MR) is 61.4 cm³/mol. The van der Waals surface area contributed by atoms with Crippen molar-refractivity contribution in [3.63, 3.8) is 0 Å². The van der Waals surface area contributed by atoms with Crippen molar-refractivity contribution in [3.05, 3.63) is 35.4 Å². The fourth-order valence-electron chi connectivity index (χ4n) is 1.54. The zero-order valence-corrected chi connectivity index (χ0v) is 9.51. The van der Waals surface area contributed by atoms with E-state index in [0.29, 0.717) is 10.6 Å². The highest BCUT2D eigenvalue weighted by Gasteiger charge is 2.25. The molecule has 0 radical (unpaired) electrons. The summed E-state index contributed by atoms with van der Waals surface area (Å²) in [7, 11) is 0. The van der Waals surface area contributed by atoms with Gasteiger partial charge in [-0.05, 0) is 17.7 Å². The molecule has 1 aliphatic heterocycles. The number of hydrogen-bond donors (Lipinski definition) is 1. The van der Waals surface area contributed by atoms with Crippen LogP contribution in [0.3, 0.4) is 0 Å². The van der Waals surface area contributed by atoms with Crippen molar-refractivity contribution >= 4 is 22.8 Å². The van der Waals surface area contributed by atoms with Gasteiger partial charge in [-0.25, -0.2) is 8.78 Å². The lowest BCUT2D eigenvalue weighted by Gasteiger charge is -2.03. The molecule has 17 heavy (non-hydrogen) atoms. The molecule has 0 aromatic heterocycles. The summed E-state index contributed by atoms with van der Waals surface area (Å²) in [6.07, 6.45) is 0.267. The zero-order valence-electron chi connectivity index (χ0n) is 8.69. The van der Waals surface area contributed by atoms with Crippen LogP contribution >= 0.6 is 11.8 Å². The van der Waals surface area contributed by atoms with E-state index in [1.807, 2.05) is 0 Å². The SMILES string of the molecule is O=C(O)[C@@H]1CN=C(Cc2cc(F)cc(F)c2)S1. The molecule has 0 amide bonds. The van der Waals surface area contributed by atoms with Gasteiger partial charge in [0.1, 0.15) is 16.9 Å². The third-order valence-corrected chi connectivity index (χ3v) is 3.45. The fraction of sp³-hybridized carbons (Fsp3) is 0.273. The lowest BCUT2D eigenvalue weighted by molar-refractivity contribution is -0.136. The Labute approximate surface area is 101 Å². The van der Waals surface area contributed by atoms with Gasteiger partial charge in [-0.1, -0.05) is 11.8 Å². The van der Waals surface area contributed by atoms with Crippen LogP contribution in [0.5, 0.6) is 0 Å². The molecule has 1 aromatic carbocycles. The molecule has 1 atom stereocenters. The molecule has 0 spiro atoms. The first kappa shape index (κ1) is 12.0. The van der Waals surface area contributed by atoms with E-state index in [4.69, 9.17) is 5.11 Å². The van der Waals surface area contributed by atoms with Crippen LogP contribution in [0.2, 0.25) is 0 Å². The van der Waals surface area contributed by atoms with Crippen molar-refractivity contribution < 1.29 is 18.7 Å². The summed E-state index contributed by atoms with van der Waals surface area (Å²) < 4.78 is 25.9. The van der Waals surface area contributed by atoms with E-state index in [9.17, 15) is 13.6 Å². The Hall–Kier alpha value is -1.43. The second-order valence-electron chi connectivity index (χ2n) is 3.63. The van der Waals surface area contributed by atoms with E-state index < -0.39 is 22.9 Å².